The van der Waals surface area contributed by atoms with Crippen LogP contribution in [0.15, 0.2) is 47.2 Å². The van der Waals surface area contributed by atoms with Crippen molar-refractivity contribution in [3.05, 3.63) is 58.3 Å². The molecule has 0 saturated carbocycles. The lowest BCUT2D eigenvalue weighted by Crippen LogP contribution is -2.39. The van der Waals surface area contributed by atoms with Crippen LogP contribution < -0.4 is 0 Å². The van der Waals surface area contributed by atoms with Crippen LogP contribution in [0.3, 0.4) is 0 Å². The maximum absolute atomic E-state index is 10.3. The van der Waals surface area contributed by atoms with E-state index in [0.717, 1.165) is 18.5 Å². The topological polar surface area (TPSA) is 32.7 Å². The quantitative estimate of drug-likeness (QED) is 0.715. The van der Waals surface area contributed by atoms with Crippen LogP contribution >= 0.6 is 11.3 Å². The monoisotopic (exact) mass is 333 g/mol. The second-order valence-electron chi connectivity index (χ2n) is 5.97. The first-order chi connectivity index (χ1) is 11.2. The zero-order valence-electron chi connectivity index (χ0n) is 14.0. The van der Waals surface area contributed by atoms with Crippen LogP contribution in [0.25, 0.3) is 0 Å². The van der Waals surface area contributed by atoms with Gasteiger partial charge in [-0.25, -0.2) is 0 Å². The van der Waals surface area contributed by atoms with Gasteiger partial charge in [0, 0.05) is 19.1 Å². The normalized spacial score (nSPS) is 14.1. The van der Waals surface area contributed by atoms with Gasteiger partial charge in [-0.2, -0.15) is 11.3 Å². The largest absolute Gasteiger partial charge is 0.389 e. The van der Waals surface area contributed by atoms with Crippen molar-refractivity contribution < 1.29 is 9.84 Å². The molecule has 3 nitrogen and oxygen atoms in total. The van der Waals surface area contributed by atoms with Crippen LogP contribution in [-0.2, 0) is 17.9 Å². The van der Waals surface area contributed by atoms with Crippen LogP contribution in [0.5, 0.6) is 0 Å². The summed E-state index contributed by atoms with van der Waals surface area (Å²) in [4.78, 5) is 2.33. The molecule has 0 fully saturated rings. The molecule has 0 radical (unpaired) electrons. The maximum atomic E-state index is 10.3. The average molecular weight is 333 g/mol. The third kappa shape index (κ3) is 6.43. The molecule has 126 valence electrons. The van der Waals surface area contributed by atoms with Gasteiger partial charge in [-0.1, -0.05) is 37.3 Å². The predicted octanol–water partition coefficient (Wildman–Crippen LogP) is 3.93. The Kier molecular flexibility index (Phi) is 7.76. The Labute approximate surface area is 143 Å². The molecule has 1 heterocycles. The molecule has 0 amide bonds. The van der Waals surface area contributed by atoms with Crippen LogP contribution in [0.1, 0.15) is 31.4 Å². The summed E-state index contributed by atoms with van der Waals surface area (Å²) in [6.07, 6.45) is 0.605. The first-order valence-corrected chi connectivity index (χ1v) is 9.18. The van der Waals surface area contributed by atoms with E-state index < -0.39 is 6.10 Å². The summed E-state index contributed by atoms with van der Waals surface area (Å²) in [5.41, 5.74) is 2.45. The number of ether oxygens (including phenoxy) is 1. The van der Waals surface area contributed by atoms with Crippen molar-refractivity contribution in [1.29, 1.82) is 0 Å². The molecule has 2 aromatic rings. The first kappa shape index (κ1) is 18.1. The van der Waals surface area contributed by atoms with Gasteiger partial charge in [0.05, 0.1) is 19.3 Å². The molecule has 0 aliphatic rings. The highest BCUT2D eigenvalue weighted by molar-refractivity contribution is 7.07. The molecule has 0 aliphatic carbocycles. The zero-order chi connectivity index (χ0) is 16.5. The lowest BCUT2D eigenvalue weighted by molar-refractivity contribution is 0.00147. The number of aliphatic hydroxyl groups excluding tert-OH is 1. The van der Waals surface area contributed by atoms with E-state index in [4.69, 9.17) is 4.74 Å². The molecule has 23 heavy (non-hydrogen) atoms. The van der Waals surface area contributed by atoms with Crippen LogP contribution in [-0.4, -0.2) is 35.3 Å². The minimum Gasteiger partial charge on any atom is -0.389 e. The SMILES string of the molecule is CC[C@H](C)N(Cc1ccsc1)C[C@H](O)COCc1ccccc1. The highest BCUT2D eigenvalue weighted by Gasteiger charge is 2.17. The third-order valence-corrected chi connectivity index (χ3v) is 4.78. The molecule has 2 atom stereocenters. The van der Waals surface area contributed by atoms with E-state index in [2.05, 4.69) is 35.6 Å². The molecular formula is C19H27NO2S. The summed E-state index contributed by atoms with van der Waals surface area (Å²) < 4.78 is 5.66. The van der Waals surface area contributed by atoms with E-state index in [1.807, 2.05) is 30.3 Å². The van der Waals surface area contributed by atoms with E-state index in [-0.39, 0.29) is 0 Å². The Morgan fingerprint density at radius 1 is 1.17 bits per heavy atom. The van der Waals surface area contributed by atoms with Gasteiger partial charge in [0.15, 0.2) is 0 Å². The van der Waals surface area contributed by atoms with Gasteiger partial charge in [-0.15, -0.1) is 0 Å². The van der Waals surface area contributed by atoms with Crippen molar-refractivity contribution in [3.8, 4) is 0 Å². The Bertz CT molecular complexity index is 530. The fourth-order valence-corrected chi connectivity index (χ4v) is 3.15. The minimum absolute atomic E-state index is 0.367. The third-order valence-electron chi connectivity index (χ3n) is 4.05. The standard InChI is InChI=1S/C19H27NO2S/c1-3-16(2)20(11-18-9-10-23-15-18)12-19(21)14-22-13-17-7-5-4-6-8-17/h4-10,15-16,19,21H,3,11-14H2,1-2H3/t16-,19-/m0/s1. The minimum atomic E-state index is -0.466. The van der Waals surface area contributed by atoms with Gasteiger partial charge < -0.3 is 9.84 Å². The van der Waals surface area contributed by atoms with Crippen molar-refractivity contribution in [2.75, 3.05) is 13.2 Å². The molecule has 0 unspecified atom stereocenters. The van der Waals surface area contributed by atoms with Crippen molar-refractivity contribution in [3.63, 3.8) is 0 Å². The van der Waals surface area contributed by atoms with Crippen molar-refractivity contribution in [2.45, 2.75) is 45.6 Å². The van der Waals surface area contributed by atoms with Crippen molar-refractivity contribution >= 4 is 11.3 Å². The summed E-state index contributed by atoms with van der Waals surface area (Å²) in [7, 11) is 0. The average Bonchev–Trinajstić information content (AvgIpc) is 3.07. The molecule has 2 rings (SSSR count). The van der Waals surface area contributed by atoms with Crippen LogP contribution in [0.4, 0.5) is 0 Å². The summed E-state index contributed by atoms with van der Waals surface area (Å²) in [6.45, 7) is 6.83. The van der Waals surface area contributed by atoms with E-state index in [1.54, 1.807) is 11.3 Å². The lowest BCUT2D eigenvalue weighted by Gasteiger charge is -2.30. The number of benzene rings is 1. The number of rotatable bonds is 10. The second-order valence-corrected chi connectivity index (χ2v) is 6.75. The highest BCUT2D eigenvalue weighted by Crippen LogP contribution is 2.14. The summed E-state index contributed by atoms with van der Waals surface area (Å²) in [6, 6.07) is 12.7. The van der Waals surface area contributed by atoms with E-state index in [1.165, 1.54) is 5.56 Å². The summed E-state index contributed by atoms with van der Waals surface area (Å²) in [5, 5.41) is 14.6. The van der Waals surface area contributed by atoms with Gasteiger partial charge in [0.2, 0.25) is 0 Å². The summed E-state index contributed by atoms with van der Waals surface area (Å²) >= 11 is 1.72. The van der Waals surface area contributed by atoms with Gasteiger partial charge in [0.25, 0.3) is 0 Å². The smallest absolute Gasteiger partial charge is 0.0900 e. The maximum Gasteiger partial charge on any atom is 0.0900 e. The number of aliphatic hydroxyl groups is 1. The second kappa shape index (κ2) is 9.83. The van der Waals surface area contributed by atoms with Gasteiger partial charge in [-0.05, 0) is 41.3 Å². The Balaban J connectivity index is 1.78. The number of nitrogens with zero attached hydrogens (tertiary/aromatic N) is 1. The van der Waals surface area contributed by atoms with Gasteiger partial charge >= 0.3 is 0 Å². The van der Waals surface area contributed by atoms with E-state index >= 15 is 0 Å². The van der Waals surface area contributed by atoms with E-state index in [0.29, 0.717) is 25.8 Å². The molecule has 4 heteroatoms. The van der Waals surface area contributed by atoms with Crippen LogP contribution in [0.2, 0.25) is 0 Å². The Hall–Kier alpha value is -1.20. The molecule has 0 bridgehead atoms. The van der Waals surface area contributed by atoms with Crippen molar-refractivity contribution in [1.82, 2.24) is 4.90 Å². The van der Waals surface area contributed by atoms with Crippen molar-refractivity contribution in [2.24, 2.45) is 0 Å². The van der Waals surface area contributed by atoms with Gasteiger partial charge in [0.1, 0.15) is 0 Å². The molecule has 1 aromatic heterocycles. The zero-order valence-corrected chi connectivity index (χ0v) is 14.8. The summed E-state index contributed by atoms with van der Waals surface area (Å²) in [5.74, 6) is 0. The molecule has 1 N–H and O–H groups in total. The Morgan fingerprint density at radius 2 is 1.96 bits per heavy atom. The fourth-order valence-electron chi connectivity index (χ4n) is 2.49. The van der Waals surface area contributed by atoms with Crippen LogP contribution in [0, 0.1) is 0 Å². The molecule has 0 saturated heterocycles. The molecule has 1 aromatic carbocycles. The van der Waals surface area contributed by atoms with E-state index in [9.17, 15) is 5.11 Å². The predicted molar refractivity (Wildman–Crippen MR) is 96.6 cm³/mol. The molecular weight excluding hydrogens is 306 g/mol. The lowest BCUT2D eigenvalue weighted by atomic mass is 10.1. The number of hydrogen-bond donors (Lipinski definition) is 1. The number of thiophene rings is 1. The highest BCUT2D eigenvalue weighted by atomic mass is 32.1. The molecule has 0 spiro atoms. The fraction of sp³-hybridized carbons (Fsp3) is 0.474. The first-order valence-electron chi connectivity index (χ1n) is 8.24. The van der Waals surface area contributed by atoms with Gasteiger partial charge in [-0.3, -0.25) is 4.90 Å². The number of hydrogen-bond acceptors (Lipinski definition) is 4. The Morgan fingerprint density at radius 3 is 2.61 bits per heavy atom. The molecule has 0 aliphatic heterocycles.